The Balaban J connectivity index is 1.68. The number of halogens is 3. The summed E-state index contributed by atoms with van der Waals surface area (Å²) in [6.07, 6.45) is -4.15. The number of hydrogen-bond acceptors (Lipinski definition) is 3. The average molecular weight is 378 g/mol. The van der Waals surface area contributed by atoms with Crippen LogP contribution in [0, 0.1) is 0 Å². The molecule has 0 radical (unpaired) electrons. The highest BCUT2D eigenvalue weighted by atomic mass is 19.4. The number of hydrogen-bond donors (Lipinski definition) is 2. The van der Waals surface area contributed by atoms with Crippen molar-refractivity contribution in [2.24, 2.45) is 0 Å². The van der Waals surface area contributed by atoms with Gasteiger partial charge in [0.15, 0.2) is 0 Å². The van der Waals surface area contributed by atoms with Crippen molar-refractivity contribution < 1.29 is 27.9 Å². The van der Waals surface area contributed by atoms with Crippen LogP contribution in [0.1, 0.15) is 27.9 Å². The second-order valence-corrected chi connectivity index (χ2v) is 6.23. The van der Waals surface area contributed by atoms with Crippen LogP contribution in [0.3, 0.4) is 0 Å². The van der Waals surface area contributed by atoms with E-state index in [4.69, 9.17) is 5.11 Å². The Bertz CT molecular complexity index is 850. The second kappa shape index (κ2) is 7.40. The Kier molecular flexibility index (Phi) is 5.18. The Hall–Kier alpha value is -2.87. The number of anilines is 1. The number of amides is 1. The highest BCUT2D eigenvalue weighted by Crippen LogP contribution is 2.37. The Morgan fingerprint density at radius 2 is 1.81 bits per heavy atom. The zero-order valence-electron chi connectivity index (χ0n) is 14.2. The molecular formula is C19H17F3N2O3. The van der Waals surface area contributed by atoms with Crippen molar-refractivity contribution >= 4 is 17.6 Å². The SMILES string of the molecule is O=C(O)c1ccc(CNC2CCN(c3ccccc3C(F)(F)F)C2=O)cc1. The number of carbonyl (C=O) groups excluding carboxylic acids is 1. The van der Waals surface area contributed by atoms with Crippen molar-refractivity contribution in [3.05, 3.63) is 65.2 Å². The van der Waals surface area contributed by atoms with Crippen molar-refractivity contribution in [1.82, 2.24) is 5.32 Å². The zero-order valence-corrected chi connectivity index (χ0v) is 14.2. The fourth-order valence-corrected chi connectivity index (χ4v) is 3.06. The van der Waals surface area contributed by atoms with Gasteiger partial charge in [-0.1, -0.05) is 24.3 Å². The molecule has 0 spiro atoms. The first-order valence-corrected chi connectivity index (χ1v) is 8.30. The lowest BCUT2D eigenvalue weighted by Crippen LogP contribution is -2.38. The van der Waals surface area contributed by atoms with Gasteiger partial charge in [-0.15, -0.1) is 0 Å². The number of nitrogens with one attached hydrogen (secondary N) is 1. The molecule has 3 rings (SSSR count). The molecule has 1 aliphatic heterocycles. The summed E-state index contributed by atoms with van der Waals surface area (Å²) in [4.78, 5) is 24.6. The number of alkyl halides is 3. The largest absolute Gasteiger partial charge is 0.478 e. The van der Waals surface area contributed by atoms with Gasteiger partial charge in [0.05, 0.1) is 22.9 Å². The molecular weight excluding hydrogens is 361 g/mol. The first-order chi connectivity index (χ1) is 12.8. The quantitative estimate of drug-likeness (QED) is 0.838. The van der Waals surface area contributed by atoms with Gasteiger partial charge in [-0.2, -0.15) is 13.2 Å². The number of carbonyl (C=O) groups is 2. The van der Waals surface area contributed by atoms with Crippen LogP contribution in [-0.4, -0.2) is 29.6 Å². The molecule has 1 fully saturated rings. The fourth-order valence-electron chi connectivity index (χ4n) is 3.06. The van der Waals surface area contributed by atoms with Crippen LogP contribution in [0.2, 0.25) is 0 Å². The van der Waals surface area contributed by atoms with Gasteiger partial charge in [-0.05, 0) is 36.2 Å². The monoisotopic (exact) mass is 378 g/mol. The van der Waals surface area contributed by atoms with E-state index >= 15 is 0 Å². The molecule has 0 aromatic heterocycles. The zero-order chi connectivity index (χ0) is 19.6. The molecule has 5 nitrogen and oxygen atoms in total. The van der Waals surface area contributed by atoms with Crippen molar-refractivity contribution in [2.45, 2.75) is 25.2 Å². The number of nitrogens with zero attached hydrogens (tertiary/aromatic N) is 1. The minimum atomic E-state index is -4.53. The van der Waals surface area contributed by atoms with Crippen molar-refractivity contribution in [3.63, 3.8) is 0 Å². The summed E-state index contributed by atoms with van der Waals surface area (Å²) in [7, 11) is 0. The number of carboxylic acid groups (broad SMARTS) is 1. The molecule has 1 atom stereocenters. The molecule has 0 saturated carbocycles. The van der Waals surface area contributed by atoms with Crippen LogP contribution >= 0.6 is 0 Å². The number of aromatic carboxylic acids is 1. The van der Waals surface area contributed by atoms with Gasteiger partial charge in [0.25, 0.3) is 0 Å². The topological polar surface area (TPSA) is 69.6 Å². The molecule has 142 valence electrons. The summed E-state index contributed by atoms with van der Waals surface area (Å²) in [5.41, 5.74) is -0.0269. The van der Waals surface area contributed by atoms with Gasteiger partial charge in [0.1, 0.15) is 0 Å². The molecule has 1 amide bonds. The lowest BCUT2D eigenvalue weighted by atomic mass is 10.1. The van der Waals surface area contributed by atoms with Gasteiger partial charge >= 0.3 is 12.1 Å². The van der Waals surface area contributed by atoms with Gasteiger partial charge < -0.3 is 15.3 Å². The predicted molar refractivity (Wildman–Crippen MR) is 92.4 cm³/mol. The third-order valence-electron chi connectivity index (χ3n) is 4.46. The van der Waals surface area contributed by atoms with E-state index in [1.165, 1.54) is 30.3 Å². The standard InChI is InChI=1S/C19H17F3N2O3/c20-19(21,22)14-3-1-2-4-16(14)24-10-9-15(17(24)25)23-11-12-5-7-13(8-6-12)18(26)27/h1-8,15,23H,9-11H2,(H,26,27). The average Bonchev–Trinajstić information content (AvgIpc) is 3.00. The smallest absolute Gasteiger partial charge is 0.418 e. The predicted octanol–water partition coefficient (Wildman–Crippen LogP) is 3.30. The summed E-state index contributed by atoms with van der Waals surface area (Å²) in [5.74, 6) is -1.44. The number of para-hydroxylation sites is 1. The Morgan fingerprint density at radius 3 is 2.44 bits per heavy atom. The van der Waals surface area contributed by atoms with Crippen molar-refractivity contribution in [2.75, 3.05) is 11.4 Å². The Morgan fingerprint density at radius 1 is 1.15 bits per heavy atom. The van der Waals surface area contributed by atoms with Gasteiger partial charge in [-0.3, -0.25) is 4.79 Å². The van der Waals surface area contributed by atoms with Crippen LogP contribution in [0.5, 0.6) is 0 Å². The molecule has 1 saturated heterocycles. The minimum Gasteiger partial charge on any atom is -0.478 e. The molecule has 2 N–H and O–H groups in total. The molecule has 0 bridgehead atoms. The molecule has 1 aliphatic rings. The van der Waals surface area contributed by atoms with Crippen LogP contribution < -0.4 is 10.2 Å². The number of benzene rings is 2. The second-order valence-electron chi connectivity index (χ2n) is 6.23. The lowest BCUT2D eigenvalue weighted by Gasteiger charge is -2.21. The maximum atomic E-state index is 13.2. The number of rotatable bonds is 5. The van der Waals surface area contributed by atoms with E-state index in [0.717, 1.165) is 16.5 Å². The first-order valence-electron chi connectivity index (χ1n) is 8.30. The Labute approximate surface area is 153 Å². The summed E-state index contributed by atoms with van der Waals surface area (Å²) in [6.45, 7) is 0.507. The first kappa shape index (κ1) is 18.9. The fraction of sp³-hybridized carbons (Fsp3) is 0.263. The lowest BCUT2D eigenvalue weighted by molar-refractivity contribution is -0.137. The minimum absolute atomic E-state index is 0.134. The third-order valence-corrected chi connectivity index (χ3v) is 4.46. The third kappa shape index (κ3) is 4.11. The molecule has 1 heterocycles. The highest BCUT2D eigenvalue weighted by molar-refractivity contribution is 6.00. The normalized spacial score (nSPS) is 17.4. The summed E-state index contributed by atoms with van der Waals surface area (Å²) < 4.78 is 39.6. The molecule has 8 heteroatoms. The van der Waals surface area contributed by atoms with E-state index < -0.39 is 29.7 Å². The molecule has 0 aliphatic carbocycles. The van der Waals surface area contributed by atoms with Crippen LogP contribution in [0.4, 0.5) is 18.9 Å². The van der Waals surface area contributed by atoms with E-state index in [1.54, 1.807) is 12.1 Å². The van der Waals surface area contributed by atoms with Crippen molar-refractivity contribution in [1.29, 1.82) is 0 Å². The van der Waals surface area contributed by atoms with Gasteiger partial charge in [0.2, 0.25) is 5.91 Å². The van der Waals surface area contributed by atoms with Gasteiger partial charge in [-0.25, -0.2) is 4.79 Å². The van der Waals surface area contributed by atoms with E-state index in [-0.39, 0.29) is 17.8 Å². The van der Waals surface area contributed by atoms with Crippen LogP contribution in [0.25, 0.3) is 0 Å². The van der Waals surface area contributed by atoms with E-state index in [9.17, 15) is 22.8 Å². The summed E-state index contributed by atoms with van der Waals surface area (Å²) in [5, 5.41) is 11.9. The highest BCUT2D eigenvalue weighted by Gasteiger charge is 2.39. The van der Waals surface area contributed by atoms with Crippen molar-refractivity contribution in [3.8, 4) is 0 Å². The van der Waals surface area contributed by atoms with E-state index in [2.05, 4.69) is 5.32 Å². The van der Waals surface area contributed by atoms with Crippen LogP contribution in [-0.2, 0) is 17.5 Å². The van der Waals surface area contributed by atoms with E-state index in [0.29, 0.717) is 13.0 Å². The molecule has 2 aromatic rings. The molecule has 27 heavy (non-hydrogen) atoms. The number of carboxylic acids is 1. The summed E-state index contributed by atoms with van der Waals surface area (Å²) in [6, 6.07) is 10.6. The van der Waals surface area contributed by atoms with Crippen LogP contribution in [0.15, 0.2) is 48.5 Å². The molecule has 1 unspecified atom stereocenters. The maximum Gasteiger partial charge on any atom is 0.418 e. The summed E-state index contributed by atoms with van der Waals surface area (Å²) >= 11 is 0. The maximum absolute atomic E-state index is 13.2. The molecule has 2 aromatic carbocycles. The van der Waals surface area contributed by atoms with E-state index in [1.807, 2.05) is 0 Å². The van der Waals surface area contributed by atoms with Gasteiger partial charge in [0, 0.05) is 13.1 Å².